The van der Waals surface area contributed by atoms with Crippen LogP contribution in [0.15, 0.2) is 30.3 Å². The Morgan fingerprint density at radius 2 is 1.50 bits per heavy atom. The first kappa shape index (κ1) is 16.7. The maximum Gasteiger partial charge on any atom is 0.321 e. The first-order valence-electron chi connectivity index (χ1n) is 7.09. The van der Waals surface area contributed by atoms with Gasteiger partial charge in [0.05, 0.1) is 0 Å². The molecule has 3 nitrogen and oxygen atoms in total. The summed E-state index contributed by atoms with van der Waals surface area (Å²) in [7, 11) is 0. The number of rotatable bonds is 4. The van der Waals surface area contributed by atoms with Crippen LogP contribution in [0, 0.1) is 0 Å². The highest BCUT2D eigenvalue weighted by Gasteiger charge is 2.40. The normalized spacial score (nSPS) is 14.3. The number of benzene rings is 1. The standard InChI is InChI=1S/C17H27NO2/c1-16(2,3)18(17(4,5)6)14(15(19)20)12-13-10-8-7-9-11-13/h7-11,14H,12H2,1-6H3,(H,19,20)/t14-/m0/s1. The minimum atomic E-state index is -0.765. The molecule has 1 aromatic rings. The third-order valence-electron chi connectivity index (χ3n) is 3.31. The van der Waals surface area contributed by atoms with Crippen molar-refractivity contribution in [2.24, 2.45) is 0 Å². The molecular weight excluding hydrogens is 250 g/mol. The van der Waals surface area contributed by atoms with Crippen LogP contribution in [0.5, 0.6) is 0 Å². The summed E-state index contributed by atoms with van der Waals surface area (Å²) in [5, 5.41) is 9.69. The van der Waals surface area contributed by atoms with E-state index in [2.05, 4.69) is 46.4 Å². The first-order valence-corrected chi connectivity index (χ1v) is 7.09. The molecule has 0 radical (unpaired) electrons. The largest absolute Gasteiger partial charge is 0.480 e. The molecule has 112 valence electrons. The van der Waals surface area contributed by atoms with Crippen molar-refractivity contribution in [1.29, 1.82) is 0 Å². The van der Waals surface area contributed by atoms with Gasteiger partial charge in [0.2, 0.25) is 0 Å². The number of carboxylic acid groups (broad SMARTS) is 1. The second-order valence-electron chi connectivity index (χ2n) is 7.26. The fourth-order valence-electron chi connectivity index (χ4n) is 3.07. The number of nitrogens with zero attached hydrogens (tertiary/aromatic N) is 1. The maximum absolute atomic E-state index is 11.8. The van der Waals surface area contributed by atoms with E-state index in [1.165, 1.54) is 0 Å². The van der Waals surface area contributed by atoms with E-state index >= 15 is 0 Å². The van der Waals surface area contributed by atoms with Gasteiger partial charge in [0.25, 0.3) is 0 Å². The van der Waals surface area contributed by atoms with Crippen LogP contribution in [0.1, 0.15) is 47.1 Å². The number of carbonyl (C=O) groups is 1. The van der Waals surface area contributed by atoms with E-state index in [1.54, 1.807) is 0 Å². The minimum Gasteiger partial charge on any atom is -0.480 e. The van der Waals surface area contributed by atoms with Crippen LogP contribution in [-0.4, -0.2) is 33.1 Å². The van der Waals surface area contributed by atoms with Crippen LogP contribution < -0.4 is 0 Å². The smallest absolute Gasteiger partial charge is 0.321 e. The van der Waals surface area contributed by atoms with E-state index in [0.29, 0.717) is 6.42 Å². The van der Waals surface area contributed by atoms with E-state index in [-0.39, 0.29) is 11.1 Å². The Balaban J connectivity index is 3.13. The summed E-state index contributed by atoms with van der Waals surface area (Å²) in [5.74, 6) is -0.765. The lowest BCUT2D eigenvalue weighted by molar-refractivity contribution is -0.149. The molecule has 0 unspecified atom stereocenters. The molecule has 1 rings (SSSR count). The van der Waals surface area contributed by atoms with Gasteiger partial charge in [-0.25, -0.2) is 0 Å². The molecule has 20 heavy (non-hydrogen) atoms. The monoisotopic (exact) mass is 277 g/mol. The van der Waals surface area contributed by atoms with Crippen molar-refractivity contribution >= 4 is 5.97 Å². The molecule has 0 amide bonds. The second-order valence-corrected chi connectivity index (χ2v) is 7.26. The number of aliphatic carboxylic acids is 1. The SMILES string of the molecule is CC(C)(C)N([C@@H](Cc1ccccc1)C(=O)O)C(C)(C)C. The molecule has 1 aromatic carbocycles. The van der Waals surface area contributed by atoms with Crippen molar-refractivity contribution in [3.05, 3.63) is 35.9 Å². The first-order chi connectivity index (χ1) is 9.03. The van der Waals surface area contributed by atoms with Crippen molar-refractivity contribution in [3.8, 4) is 0 Å². The Kier molecular flexibility index (Phi) is 4.98. The van der Waals surface area contributed by atoms with Gasteiger partial charge >= 0.3 is 5.97 Å². The van der Waals surface area contributed by atoms with Gasteiger partial charge in [0, 0.05) is 11.1 Å². The summed E-state index contributed by atoms with van der Waals surface area (Å²) >= 11 is 0. The van der Waals surface area contributed by atoms with Crippen LogP contribution in [0.4, 0.5) is 0 Å². The Bertz CT molecular complexity index is 426. The lowest BCUT2D eigenvalue weighted by Crippen LogP contribution is -2.60. The molecular formula is C17H27NO2. The summed E-state index contributed by atoms with van der Waals surface area (Å²) < 4.78 is 0. The van der Waals surface area contributed by atoms with Crippen LogP contribution in [0.2, 0.25) is 0 Å². The Hall–Kier alpha value is -1.35. The van der Waals surface area contributed by atoms with Crippen molar-refractivity contribution in [3.63, 3.8) is 0 Å². The summed E-state index contributed by atoms with van der Waals surface area (Å²) in [6, 6.07) is 9.29. The second kappa shape index (κ2) is 5.96. The van der Waals surface area contributed by atoms with Crippen LogP contribution in [-0.2, 0) is 11.2 Å². The van der Waals surface area contributed by atoms with Gasteiger partial charge in [-0.2, -0.15) is 0 Å². The predicted octanol–water partition coefficient (Wildman–Crippen LogP) is 3.58. The molecule has 0 saturated heterocycles. The molecule has 3 heteroatoms. The van der Waals surface area contributed by atoms with Crippen LogP contribution >= 0.6 is 0 Å². The maximum atomic E-state index is 11.8. The highest BCUT2D eigenvalue weighted by atomic mass is 16.4. The van der Waals surface area contributed by atoms with Crippen molar-refractivity contribution in [2.75, 3.05) is 0 Å². The van der Waals surface area contributed by atoms with Gasteiger partial charge in [-0.1, -0.05) is 30.3 Å². The zero-order valence-electron chi connectivity index (χ0n) is 13.5. The number of carboxylic acids is 1. The average Bonchev–Trinajstić information content (AvgIpc) is 2.25. The topological polar surface area (TPSA) is 40.5 Å². The molecule has 0 aliphatic heterocycles. The highest BCUT2D eigenvalue weighted by molar-refractivity contribution is 5.74. The molecule has 0 aliphatic carbocycles. The zero-order chi connectivity index (χ0) is 15.6. The van der Waals surface area contributed by atoms with Crippen molar-refractivity contribution < 1.29 is 9.90 Å². The molecule has 0 heterocycles. The third kappa shape index (κ3) is 4.34. The zero-order valence-corrected chi connectivity index (χ0v) is 13.5. The lowest BCUT2D eigenvalue weighted by Gasteiger charge is -2.48. The average molecular weight is 277 g/mol. The lowest BCUT2D eigenvalue weighted by atomic mass is 9.90. The van der Waals surface area contributed by atoms with E-state index in [0.717, 1.165) is 5.56 Å². The summed E-state index contributed by atoms with van der Waals surface area (Å²) in [6.07, 6.45) is 0.519. The molecule has 0 saturated carbocycles. The van der Waals surface area contributed by atoms with Gasteiger partial charge in [-0.05, 0) is 53.5 Å². The van der Waals surface area contributed by atoms with Crippen LogP contribution in [0.25, 0.3) is 0 Å². The summed E-state index contributed by atoms with van der Waals surface area (Å²) in [4.78, 5) is 13.9. The highest BCUT2D eigenvalue weighted by Crippen LogP contribution is 2.29. The predicted molar refractivity (Wildman–Crippen MR) is 82.9 cm³/mol. The van der Waals surface area contributed by atoms with Crippen LogP contribution in [0.3, 0.4) is 0 Å². The molecule has 0 bridgehead atoms. The van der Waals surface area contributed by atoms with Crippen molar-refractivity contribution in [1.82, 2.24) is 4.90 Å². The number of hydrogen-bond donors (Lipinski definition) is 1. The Labute approximate surface area is 122 Å². The van der Waals surface area contributed by atoms with Gasteiger partial charge in [0.1, 0.15) is 6.04 Å². The van der Waals surface area contributed by atoms with Gasteiger partial charge in [-0.15, -0.1) is 0 Å². The molecule has 1 N–H and O–H groups in total. The van der Waals surface area contributed by atoms with Crippen molar-refractivity contribution in [2.45, 2.75) is 65.1 Å². The quantitative estimate of drug-likeness (QED) is 0.914. The van der Waals surface area contributed by atoms with E-state index in [9.17, 15) is 9.90 Å². The Morgan fingerprint density at radius 3 is 1.85 bits per heavy atom. The minimum absolute atomic E-state index is 0.212. The van der Waals surface area contributed by atoms with Gasteiger partial charge < -0.3 is 5.11 Å². The summed E-state index contributed by atoms with van der Waals surface area (Å²) in [6.45, 7) is 12.4. The third-order valence-corrected chi connectivity index (χ3v) is 3.31. The molecule has 0 spiro atoms. The van der Waals surface area contributed by atoms with Gasteiger partial charge in [-0.3, -0.25) is 9.69 Å². The van der Waals surface area contributed by atoms with E-state index < -0.39 is 12.0 Å². The van der Waals surface area contributed by atoms with E-state index in [1.807, 2.05) is 30.3 Å². The molecule has 0 aliphatic rings. The summed E-state index contributed by atoms with van der Waals surface area (Å²) in [5.41, 5.74) is 0.630. The van der Waals surface area contributed by atoms with Gasteiger partial charge in [0.15, 0.2) is 0 Å². The van der Waals surface area contributed by atoms with E-state index in [4.69, 9.17) is 0 Å². The number of hydrogen-bond acceptors (Lipinski definition) is 2. The fraction of sp³-hybridized carbons (Fsp3) is 0.588. The molecule has 0 aromatic heterocycles. The Morgan fingerprint density at radius 1 is 1.05 bits per heavy atom. The molecule has 1 atom stereocenters. The fourth-order valence-corrected chi connectivity index (χ4v) is 3.07. The molecule has 0 fully saturated rings.